The fourth-order valence-electron chi connectivity index (χ4n) is 2.92. The number of nitrogens with zero attached hydrogens (tertiary/aromatic N) is 2. The van der Waals surface area contributed by atoms with E-state index >= 15 is 0 Å². The number of aromatic nitrogens is 1. The Morgan fingerprint density at radius 3 is 2.73 bits per heavy atom. The normalized spacial score (nSPS) is 16.6. The average Bonchev–Trinajstić information content (AvgIpc) is 2.56. The molecule has 115 valence electrons. The summed E-state index contributed by atoms with van der Waals surface area (Å²) in [6.45, 7) is 3.84. The zero-order valence-corrected chi connectivity index (χ0v) is 12.9. The minimum atomic E-state index is 0.0422. The van der Waals surface area contributed by atoms with Crippen molar-refractivity contribution in [3.63, 3.8) is 0 Å². The van der Waals surface area contributed by atoms with Gasteiger partial charge in [-0.3, -0.25) is 10.1 Å². The predicted molar refractivity (Wildman–Crippen MR) is 84.4 cm³/mol. The van der Waals surface area contributed by atoms with Crippen molar-refractivity contribution in [2.24, 2.45) is 0 Å². The molecule has 1 aromatic carbocycles. The van der Waals surface area contributed by atoms with Crippen molar-refractivity contribution in [3.8, 4) is 11.5 Å². The number of hydroxylamine groups is 2. The number of hydrogen-bond donors (Lipinski definition) is 0. The van der Waals surface area contributed by atoms with E-state index in [-0.39, 0.29) is 5.75 Å². The molecule has 1 aliphatic heterocycles. The van der Waals surface area contributed by atoms with Gasteiger partial charge < -0.3 is 4.84 Å². The van der Waals surface area contributed by atoms with Crippen LogP contribution in [0.5, 0.6) is 11.5 Å². The maximum Gasteiger partial charge on any atom is 0.181 e. The van der Waals surface area contributed by atoms with Crippen LogP contribution in [0.1, 0.15) is 36.9 Å². The lowest BCUT2D eigenvalue weighted by Gasteiger charge is -2.31. The van der Waals surface area contributed by atoms with Crippen LogP contribution in [-0.2, 0) is 11.5 Å². The summed E-state index contributed by atoms with van der Waals surface area (Å²) in [5.74, 6) is 1.35. The van der Waals surface area contributed by atoms with Crippen LogP contribution in [0.15, 0.2) is 42.6 Å². The Morgan fingerprint density at radius 2 is 2.00 bits per heavy atom. The SMILES string of the molecule is CCc1ccccc1ON1CCC(c2cc([O])ccn2)CC1. The zero-order valence-electron chi connectivity index (χ0n) is 12.9. The first-order valence-electron chi connectivity index (χ1n) is 7.90. The van der Waals surface area contributed by atoms with Gasteiger partial charge in [-0.2, -0.15) is 0 Å². The van der Waals surface area contributed by atoms with E-state index in [9.17, 15) is 5.11 Å². The van der Waals surface area contributed by atoms with Gasteiger partial charge in [-0.15, -0.1) is 5.06 Å². The number of aryl methyl sites for hydroxylation is 1. The molecule has 4 heteroatoms. The minimum absolute atomic E-state index is 0.0422. The minimum Gasteiger partial charge on any atom is -0.406 e. The molecular formula is C18H21N2O2. The molecule has 1 aliphatic rings. The fourth-order valence-corrected chi connectivity index (χ4v) is 2.92. The quantitative estimate of drug-likeness (QED) is 0.858. The molecule has 0 atom stereocenters. The lowest BCUT2D eigenvalue weighted by atomic mass is 9.94. The second-order valence-corrected chi connectivity index (χ2v) is 5.67. The predicted octanol–water partition coefficient (Wildman–Crippen LogP) is 3.96. The van der Waals surface area contributed by atoms with E-state index in [1.54, 1.807) is 12.3 Å². The van der Waals surface area contributed by atoms with Crippen molar-refractivity contribution < 1.29 is 9.94 Å². The van der Waals surface area contributed by atoms with Crippen molar-refractivity contribution in [1.29, 1.82) is 0 Å². The second-order valence-electron chi connectivity index (χ2n) is 5.67. The van der Waals surface area contributed by atoms with Crippen LogP contribution in [0.25, 0.3) is 0 Å². The van der Waals surface area contributed by atoms with Crippen LogP contribution < -0.4 is 4.84 Å². The number of piperidine rings is 1. The van der Waals surface area contributed by atoms with Crippen LogP contribution in [0, 0.1) is 0 Å². The Morgan fingerprint density at radius 1 is 1.23 bits per heavy atom. The molecule has 0 aliphatic carbocycles. The monoisotopic (exact) mass is 297 g/mol. The molecule has 22 heavy (non-hydrogen) atoms. The lowest BCUT2D eigenvalue weighted by molar-refractivity contribution is -0.0765. The van der Waals surface area contributed by atoms with E-state index in [1.807, 2.05) is 23.3 Å². The molecule has 2 aromatic rings. The number of benzene rings is 1. The van der Waals surface area contributed by atoms with E-state index in [4.69, 9.17) is 4.84 Å². The first-order valence-corrected chi connectivity index (χ1v) is 7.90. The Bertz CT molecular complexity index is 622. The highest BCUT2D eigenvalue weighted by atomic mass is 16.7. The van der Waals surface area contributed by atoms with Gasteiger partial charge in [0.1, 0.15) is 0 Å². The molecule has 0 spiro atoms. The first kappa shape index (κ1) is 14.9. The number of hydrogen-bond acceptors (Lipinski definition) is 3. The Balaban J connectivity index is 1.60. The summed E-state index contributed by atoms with van der Waals surface area (Å²) in [7, 11) is 0. The highest BCUT2D eigenvalue weighted by Crippen LogP contribution is 2.29. The summed E-state index contributed by atoms with van der Waals surface area (Å²) < 4.78 is 0. The van der Waals surface area contributed by atoms with Gasteiger partial charge in [-0.25, -0.2) is 0 Å². The molecule has 1 saturated heterocycles. The van der Waals surface area contributed by atoms with E-state index in [0.717, 1.165) is 43.8 Å². The van der Waals surface area contributed by atoms with Crippen LogP contribution in [-0.4, -0.2) is 23.1 Å². The molecule has 4 nitrogen and oxygen atoms in total. The Labute approximate surface area is 131 Å². The smallest absolute Gasteiger partial charge is 0.181 e. The van der Waals surface area contributed by atoms with Gasteiger partial charge in [-0.05, 0) is 30.9 Å². The molecule has 0 unspecified atom stereocenters. The van der Waals surface area contributed by atoms with Gasteiger partial charge in [0.25, 0.3) is 0 Å². The van der Waals surface area contributed by atoms with Gasteiger partial charge in [0.15, 0.2) is 11.5 Å². The third-order valence-electron chi connectivity index (χ3n) is 4.21. The molecule has 1 aromatic heterocycles. The van der Waals surface area contributed by atoms with Crippen LogP contribution in [0.2, 0.25) is 0 Å². The molecular weight excluding hydrogens is 276 g/mol. The molecule has 0 amide bonds. The molecule has 2 heterocycles. The van der Waals surface area contributed by atoms with Crippen molar-refractivity contribution >= 4 is 0 Å². The lowest BCUT2D eigenvalue weighted by Crippen LogP contribution is -2.36. The van der Waals surface area contributed by atoms with Crippen molar-refractivity contribution in [2.75, 3.05) is 13.1 Å². The maximum absolute atomic E-state index is 11.4. The van der Waals surface area contributed by atoms with Gasteiger partial charge in [0.2, 0.25) is 0 Å². The number of para-hydroxylation sites is 1. The van der Waals surface area contributed by atoms with Gasteiger partial charge in [-0.1, -0.05) is 25.1 Å². The summed E-state index contributed by atoms with van der Waals surface area (Å²) in [6, 6.07) is 11.3. The maximum atomic E-state index is 11.4. The number of rotatable bonds is 4. The topological polar surface area (TPSA) is 45.3 Å². The zero-order chi connectivity index (χ0) is 15.4. The van der Waals surface area contributed by atoms with Gasteiger partial charge in [0, 0.05) is 43.0 Å². The molecule has 0 N–H and O–H groups in total. The van der Waals surface area contributed by atoms with Crippen LogP contribution >= 0.6 is 0 Å². The van der Waals surface area contributed by atoms with E-state index < -0.39 is 0 Å². The highest BCUT2D eigenvalue weighted by molar-refractivity contribution is 5.33. The third kappa shape index (κ3) is 3.39. The summed E-state index contributed by atoms with van der Waals surface area (Å²) >= 11 is 0. The molecule has 0 saturated carbocycles. The molecule has 0 bridgehead atoms. The second kappa shape index (κ2) is 6.79. The van der Waals surface area contributed by atoms with Crippen molar-refractivity contribution in [3.05, 3.63) is 53.9 Å². The largest absolute Gasteiger partial charge is 0.406 e. The molecule has 3 rings (SSSR count). The van der Waals surface area contributed by atoms with E-state index in [1.165, 1.54) is 11.6 Å². The Kier molecular flexibility index (Phi) is 4.59. The summed E-state index contributed by atoms with van der Waals surface area (Å²) in [5, 5.41) is 13.5. The first-order chi connectivity index (χ1) is 10.8. The van der Waals surface area contributed by atoms with Crippen molar-refractivity contribution in [1.82, 2.24) is 10.0 Å². The number of pyridine rings is 1. The highest BCUT2D eigenvalue weighted by Gasteiger charge is 2.23. The summed E-state index contributed by atoms with van der Waals surface area (Å²) in [6.07, 6.45) is 4.50. The van der Waals surface area contributed by atoms with Gasteiger partial charge in [0.05, 0.1) is 0 Å². The fraction of sp³-hybridized carbons (Fsp3) is 0.389. The standard InChI is InChI=1S/C18H21N2O2/c1-2-14-5-3-4-6-18(14)22-20-11-8-15(9-12-20)17-13-16(21)7-10-19-17/h3-7,10,13,15H,2,8-9,11-12H2,1H3. The average molecular weight is 297 g/mol. The van der Waals surface area contributed by atoms with Crippen LogP contribution in [0.3, 0.4) is 0 Å². The van der Waals surface area contributed by atoms with Crippen molar-refractivity contribution in [2.45, 2.75) is 32.1 Å². The van der Waals surface area contributed by atoms with Gasteiger partial charge >= 0.3 is 0 Å². The summed E-state index contributed by atoms with van der Waals surface area (Å²) in [4.78, 5) is 10.4. The Hall–Kier alpha value is -2.07. The van der Waals surface area contributed by atoms with E-state index in [0.29, 0.717) is 5.92 Å². The molecule has 1 fully saturated rings. The van der Waals surface area contributed by atoms with E-state index in [2.05, 4.69) is 18.0 Å². The van der Waals surface area contributed by atoms with Crippen LogP contribution in [0.4, 0.5) is 0 Å². The molecule has 1 radical (unpaired) electrons. The summed E-state index contributed by atoms with van der Waals surface area (Å²) in [5.41, 5.74) is 2.14. The third-order valence-corrected chi connectivity index (χ3v) is 4.21.